The van der Waals surface area contributed by atoms with Crippen molar-refractivity contribution < 1.29 is 9.90 Å². The van der Waals surface area contributed by atoms with Crippen molar-refractivity contribution in [2.45, 2.75) is 6.04 Å². The van der Waals surface area contributed by atoms with Crippen LogP contribution in [-0.4, -0.2) is 17.6 Å². The number of carbonyl (C=O) groups excluding carboxylic acids is 1. The van der Waals surface area contributed by atoms with Gasteiger partial charge in [-0.15, -0.1) is 0 Å². The van der Waals surface area contributed by atoms with E-state index in [-0.39, 0.29) is 12.5 Å². The highest BCUT2D eigenvalue weighted by molar-refractivity contribution is 6.33. The number of amides is 1. The number of aliphatic hydroxyl groups is 1. The van der Waals surface area contributed by atoms with Gasteiger partial charge in [-0.1, -0.05) is 41.9 Å². The lowest BCUT2D eigenvalue weighted by atomic mass is 10.1. The number of nitrogens with one attached hydrogen (secondary N) is 1. The van der Waals surface area contributed by atoms with Crippen molar-refractivity contribution in [2.75, 3.05) is 12.3 Å². The number of anilines is 1. The van der Waals surface area contributed by atoms with Gasteiger partial charge in [0.1, 0.15) is 0 Å². The van der Waals surface area contributed by atoms with Gasteiger partial charge in [-0.05, 0) is 23.8 Å². The Kier molecular flexibility index (Phi) is 4.61. The van der Waals surface area contributed by atoms with Crippen LogP contribution in [0.4, 0.5) is 5.69 Å². The van der Waals surface area contributed by atoms with Crippen LogP contribution in [0.5, 0.6) is 0 Å². The largest absolute Gasteiger partial charge is 0.398 e. The van der Waals surface area contributed by atoms with Crippen LogP contribution in [-0.2, 0) is 0 Å². The highest BCUT2D eigenvalue weighted by Gasteiger charge is 2.15. The summed E-state index contributed by atoms with van der Waals surface area (Å²) < 4.78 is 0. The molecule has 0 unspecified atom stereocenters. The highest BCUT2D eigenvalue weighted by Crippen LogP contribution is 2.20. The van der Waals surface area contributed by atoms with Crippen LogP contribution < -0.4 is 11.1 Å². The Morgan fingerprint density at radius 1 is 1.25 bits per heavy atom. The Morgan fingerprint density at radius 2 is 1.95 bits per heavy atom. The molecule has 2 rings (SSSR count). The van der Waals surface area contributed by atoms with Gasteiger partial charge in [0.25, 0.3) is 5.91 Å². The molecule has 0 fully saturated rings. The first kappa shape index (κ1) is 14.4. The molecule has 0 radical (unpaired) electrons. The van der Waals surface area contributed by atoms with Crippen molar-refractivity contribution in [3.8, 4) is 0 Å². The van der Waals surface area contributed by atoms with Crippen molar-refractivity contribution in [2.24, 2.45) is 0 Å². The van der Waals surface area contributed by atoms with Gasteiger partial charge < -0.3 is 16.2 Å². The molecular formula is C15H15ClN2O2. The molecule has 4 nitrogen and oxygen atoms in total. The molecule has 0 aromatic heterocycles. The molecule has 1 amide bonds. The van der Waals surface area contributed by atoms with Crippen LogP contribution in [0.2, 0.25) is 5.02 Å². The molecular weight excluding hydrogens is 276 g/mol. The summed E-state index contributed by atoms with van der Waals surface area (Å²) in [7, 11) is 0. The summed E-state index contributed by atoms with van der Waals surface area (Å²) in [4.78, 5) is 12.1. The van der Waals surface area contributed by atoms with E-state index in [0.29, 0.717) is 16.3 Å². The summed E-state index contributed by atoms with van der Waals surface area (Å²) >= 11 is 5.89. The molecule has 20 heavy (non-hydrogen) atoms. The monoisotopic (exact) mass is 290 g/mol. The van der Waals surface area contributed by atoms with E-state index in [9.17, 15) is 9.90 Å². The maximum Gasteiger partial charge on any atom is 0.251 e. The number of nitrogen functional groups attached to an aromatic ring is 1. The van der Waals surface area contributed by atoms with Gasteiger partial charge in [0.05, 0.1) is 23.4 Å². The Balaban J connectivity index is 2.15. The lowest BCUT2D eigenvalue weighted by Crippen LogP contribution is -2.30. The lowest BCUT2D eigenvalue weighted by molar-refractivity contribution is 0.0916. The smallest absolute Gasteiger partial charge is 0.251 e. The average molecular weight is 291 g/mol. The lowest BCUT2D eigenvalue weighted by Gasteiger charge is -2.17. The molecule has 2 aromatic carbocycles. The number of halogens is 1. The van der Waals surface area contributed by atoms with Gasteiger partial charge in [-0.3, -0.25) is 4.79 Å². The summed E-state index contributed by atoms with van der Waals surface area (Å²) in [5.74, 6) is -0.310. The second-order valence-electron chi connectivity index (χ2n) is 4.36. The van der Waals surface area contributed by atoms with Crippen LogP contribution in [0.3, 0.4) is 0 Å². The molecule has 0 heterocycles. The standard InChI is InChI=1S/C15H15ClN2O2/c16-12-8-11(6-7-13(12)17)15(20)18-14(9-19)10-4-2-1-3-5-10/h1-8,14,19H,9,17H2,(H,18,20)/t14-/m0/s1. The molecule has 2 aromatic rings. The minimum Gasteiger partial charge on any atom is -0.398 e. The van der Waals surface area contributed by atoms with E-state index in [0.717, 1.165) is 5.56 Å². The van der Waals surface area contributed by atoms with Gasteiger partial charge in [-0.25, -0.2) is 0 Å². The van der Waals surface area contributed by atoms with Gasteiger partial charge in [0.2, 0.25) is 0 Å². The first-order chi connectivity index (χ1) is 9.61. The third-order valence-corrected chi connectivity index (χ3v) is 3.28. The van der Waals surface area contributed by atoms with Gasteiger partial charge in [-0.2, -0.15) is 0 Å². The normalized spacial score (nSPS) is 11.9. The molecule has 0 spiro atoms. The summed E-state index contributed by atoms with van der Waals surface area (Å²) in [6.45, 7) is -0.182. The number of nitrogens with two attached hydrogens (primary N) is 1. The zero-order valence-electron chi connectivity index (χ0n) is 10.7. The number of carbonyl (C=O) groups is 1. The summed E-state index contributed by atoms with van der Waals surface area (Å²) in [6, 6.07) is 13.5. The predicted molar refractivity (Wildman–Crippen MR) is 79.6 cm³/mol. The first-order valence-electron chi connectivity index (χ1n) is 6.13. The van der Waals surface area contributed by atoms with Crippen molar-refractivity contribution in [1.82, 2.24) is 5.32 Å². The Morgan fingerprint density at radius 3 is 2.55 bits per heavy atom. The molecule has 1 atom stereocenters. The molecule has 0 aliphatic carbocycles. The minimum absolute atomic E-state index is 0.182. The van der Waals surface area contributed by atoms with E-state index < -0.39 is 6.04 Å². The van der Waals surface area contributed by atoms with Crippen LogP contribution >= 0.6 is 11.6 Å². The van der Waals surface area contributed by atoms with Crippen LogP contribution in [0, 0.1) is 0 Å². The van der Waals surface area contributed by atoms with E-state index in [1.807, 2.05) is 30.3 Å². The maximum atomic E-state index is 12.1. The summed E-state index contributed by atoms with van der Waals surface area (Å²) in [5.41, 5.74) is 7.26. The Bertz CT molecular complexity index is 602. The number of hydrogen-bond donors (Lipinski definition) is 3. The Hall–Kier alpha value is -2.04. The fourth-order valence-electron chi connectivity index (χ4n) is 1.83. The van der Waals surface area contributed by atoms with E-state index in [4.69, 9.17) is 17.3 Å². The van der Waals surface area contributed by atoms with Crippen LogP contribution in [0.1, 0.15) is 22.0 Å². The third-order valence-electron chi connectivity index (χ3n) is 2.95. The number of aliphatic hydroxyl groups excluding tert-OH is 1. The van der Waals surface area contributed by atoms with E-state index in [1.54, 1.807) is 12.1 Å². The SMILES string of the molecule is Nc1ccc(C(=O)N[C@@H](CO)c2ccccc2)cc1Cl. The second-order valence-corrected chi connectivity index (χ2v) is 4.76. The summed E-state index contributed by atoms with van der Waals surface area (Å²) in [6.07, 6.45) is 0. The number of rotatable bonds is 4. The maximum absolute atomic E-state index is 12.1. The zero-order chi connectivity index (χ0) is 14.5. The van der Waals surface area contributed by atoms with Crippen molar-refractivity contribution in [1.29, 1.82) is 0 Å². The molecule has 0 aliphatic rings. The van der Waals surface area contributed by atoms with Crippen LogP contribution in [0.25, 0.3) is 0 Å². The highest BCUT2D eigenvalue weighted by atomic mass is 35.5. The third kappa shape index (κ3) is 3.29. The van der Waals surface area contributed by atoms with Crippen molar-refractivity contribution in [3.63, 3.8) is 0 Å². The average Bonchev–Trinajstić information content (AvgIpc) is 2.48. The fourth-order valence-corrected chi connectivity index (χ4v) is 2.01. The number of hydrogen-bond acceptors (Lipinski definition) is 3. The molecule has 104 valence electrons. The molecule has 0 bridgehead atoms. The van der Waals surface area contributed by atoms with E-state index in [2.05, 4.69) is 5.32 Å². The topological polar surface area (TPSA) is 75.4 Å². The summed E-state index contributed by atoms with van der Waals surface area (Å²) in [5, 5.41) is 12.5. The fraction of sp³-hybridized carbons (Fsp3) is 0.133. The molecule has 0 saturated heterocycles. The second kappa shape index (κ2) is 6.41. The van der Waals surface area contributed by atoms with E-state index in [1.165, 1.54) is 6.07 Å². The molecule has 0 saturated carbocycles. The quantitative estimate of drug-likeness (QED) is 0.757. The molecule has 5 heteroatoms. The minimum atomic E-state index is -0.458. The first-order valence-corrected chi connectivity index (χ1v) is 6.51. The zero-order valence-corrected chi connectivity index (χ0v) is 11.5. The van der Waals surface area contributed by atoms with Gasteiger partial charge in [0.15, 0.2) is 0 Å². The predicted octanol–water partition coefficient (Wildman–Crippen LogP) is 2.39. The van der Waals surface area contributed by atoms with Crippen LogP contribution in [0.15, 0.2) is 48.5 Å². The van der Waals surface area contributed by atoms with Gasteiger partial charge >= 0.3 is 0 Å². The molecule has 0 aliphatic heterocycles. The van der Waals surface area contributed by atoms with E-state index >= 15 is 0 Å². The van der Waals surface area contributed by atoms with Gasteiger partial charge in [0, 0.05) is 5.56 Å². The Labute approximate surface area is 122 Å². The van der Waals surface area contributed by atoms with Crippen molar-refractivity contribution in [3.05, 3.63) is 64.7 Å². The number of benzene rings is 2. The van der Waals surface area contributed by atoms with Crippen molar-refractivity contribution >= 4 is 23.2 Å². The molecule has 4 N–H and O–H groups in total.